The van der Waals surface area contributed by atoms with Gasteiger partial charge in [0.1, 0.15) is 5.75 Å². The van der Waals surface area contributed by atoms with Crippen molar-refractivity contribution in [1.29, 1.82) is 0 Å². The predicted octanol–water partition coefficient (Wildman–Crippen LogP) is 3.21. The van der Waals surface area contributed by atoms with Gasteiger partial charge in [-0.05, 0) is 31.2 Å². The lowest BCUT2D eigenvalue weighted by atomic mass is 10.2. The molecule has 1 aromatic heterocycles. The Hall–Kier alpha value is -1.68. The van der Waals surface area contributed by atoms with Gasteiger partial charge in [0, 0.05) is 43.2 Å². The summed E-state index contributed by atoms with van der Waals surface area (Å²) >= 11 is 5.96. The molecule has 2 rings (SSSR count). The molecule has 108 valence electrons. The molecule has 0 fully saturated rings. The van der Waals surface area contributed by atoms with E-state index >= 15 is 0 Å². The van der Waals surface area contributed by atoms with E-state index in [9.17, 15) is 0 Å². The van der Waals surface area contributed by atoms with Crippen LogP contribution in [-0.2, 0) is 19.3 Å². The quantitative estimate of drug-likeness (QED) is 0.797. The summed E-state index contributed by atoms with van der Waals surface area (Å²) in [5.41, 5.74) is 3.28. The van der Waals surface area contributed by atoms with Crippen LogP contribution in [0.5, 0.6) is 5.75 Å². The zero-order valence-electron chi connectivity index (χ0n) is 11.9. The lowest BCUT2D eigenvalue weighted by molar-refractivity contribution is 0.337. The molecule has 0 spiro atoms. The molecule has 1 heterocycles. The molecule has 4 nitrogen and oxygen atoms in total. The highest BCUT2D eigenvalue weighted by Gasteiger charge is 2.04. The monoisotopic (exact) mass is 293 g/mol. The maximum absolute atomic E-state index is 5.96. The second-order valence-electron chi connectivity index (χ2n) is 4.51. The van der Waals surface area contributed by atoms with Crippen molar-refractivity contribution in [1.82, 2.24) is 9.78 Å². The number of hydrogen-bond donors (Lipinski definition) is 1. The first-order valence-electron chi connectivity index (χ1n) is 6.77. The van der Waals surface area contributed by atoms with Gasteiger partial charge in [-0.25, -0.2) is 0 Å². The standard InChI is InChI=1S/C15H20ClN3O/c1-3-20-15-5-4-13(10-12(15)11-16)17-8-6-14-7-9-18-19(14)2/h4-5,7,9-10,17H,3,6,8,11H2,1-2H3. The SMILES string of the molecule is CCOc1ccc(NCCc2ccnn2C)cc1CCl. The molecule has 5 heteroatoms. The molecular weight excluding hydrogens is 274 g/mol. The number of anilines is 1. The lowest BCUT2D eigenvalue weighted by Crippen LogP contribution is -2.08. The molecule has 0 saturated heterocycles. The van der Waals surface area contributed by atoms with Crippen molar-refractivity contribution < 1.29 is 4.74 Å². The van der Waals surface area contributed by atoms with Crippen LogP contribution in [0.4, 0.5) is 5.69 Å². The number of hydrogen-bond acceptors (Lipinski definition) is 3. The summed E-state index contributed by atoms with van der Waals surface area (Å²) in [5, 5.41) is 7.56. The number of benzene rings is 1. The van der Waals surface area contributed by atoms with Crippen molar-refractivity contribution in [3.63, 3.8) is 0 Å². The first-order valence-corrected chi connectivity index (χ1v) is 7.30. The highest BCUT2D eigenvalue weighted by molar-refractivity contribution is 6.17. The molecule has 0 saturated carbocycles. The van der Waals surface area contributed by atoms with Crippen LogP contribution in [0.1, 0.15) is 18.2 Å². The van der Waals surface area contributed by atoms with Crippen LogP contribution in [0.3, 0.4) is 0 Å². The van der Waals surface area contributed by atoms with Gasteiger partial charge in [0.05, 0.1) is 12.5 Å². The van der Waals surface area contributed by atoms with Gasteiger partial charge < -0.3 is 10.1 Å². The minimum absolute atomic E-state index is 0.451. The van der Waals surface area contributed by atoms with E-state index in [4.69, 9.17) is 16.3 Å². The number of aryl methyl sites for hydroxylation is 1. The molecule has 20 heavy (non-hydrogen) atoms. The van der Waals surface area contributed by atoms with Crippen LogP contribution in [0.25, 0.3) is 0 Å². The third kappa shape index (κ3) is 3.67. The highest BCUT2D eigenvalue weighted by atomic mass is 35.5. The van der Waals surface area contributed by atoms with E-state index in [0.717, 1.165) is 30.0 Å². The summed E-state index contributed by atoms with van der Waals surface area (Å²) in [6.45, 7) is 3.48. The number of rotatable bonds is 7. The third-order valence-electron chi connectivity index (χ3n) is 3.14. The zero-order valence-corrected chi connectivity index (χ0v) is 12.7. The van der Waals surface area contributed by atoms with E-state index in [-0.39, 0.29) is 0 Å². The molecule has 1 N–H and O–H groups in total. The fraction of sp³-hybridized carbons (Fsp3) is 0.400. The Kier molecular flexibility index (Phi) is 5.30. The van der Waals surface area contributed by atoms with Crippen molar-refractivity contribution in [3.05, 3.63) is 41.7 Å². The van der Waals surface area contributed by atoms with E-state index in [2.05, 4.69) is 10.4 Å². The highest BCUT2D eigenvalue weighted by Crippen LogP contribution is 2.24. The maximum atomic E-state index is 5.96. The van der Waals surface area contributed by atoms with Gasteiger partial charge in [-0.1, -0.05) is 0 Å². The van der Waals surface area contributed by atoms with Crippen molar-refractivity contribution in [2.24, 2.45) is 7.05 Å². The summed E-state index contributed by atoms with van der Waals surface area (Å²) in [6.07, 6.45) is 2.75. The van der Waals surface area contributed by atoms with Gasteiger partial charge in [0.2, 0.25) is 0 Å². The molecular formula is C15H20ClN3O. The molecule has 0 bridgehead atoms. The fourth-order valence-corrected chi connectivity index (χ4v) is 2.28. The van der Waals surface area contributed by atoms with E-state index < -0.39 is 0 Å². The Balaban J connectivity index is 1.94. The number of ether oxygens (including phenoxy) is 1. The minimum atomic E-state index is 0.451. The molecule has 2 aromatic rings. The molecule has 0 aliphatic rings. The summed E-state index contributed by atoms with van der Waals surface area (Å²) < 4.78 is 7.43. The maximum Gasteiger partial charge on any atom is 0.123 e. The average Bonchev–Trinajstić information content (AvgIpc) is 2.86. The zero-order chi connectivity index (χ0) is 14.4. The van der Waals surface area contributed by atoms with Gasteiger partial charge >= 0.3 is 0 Å². The number of alkyl halides is 1. The van der Waals surface area contributed by atoms with Crippen LogP contribution in [0.2, 0.25) is 0 Å². The smallest absolute Gasteiger partial charge is 0.123 e. The van der Waals surface area contributed by atoms with Gasteiger partial charge in [0.25, 0.3) is 0 Å². The summed E-state index contributed by atoms with van der Waals surface area (Å²) in [5.74, 6) is 1.31. The Bertz CT molecular complexity index is 554. The van der Waals surface area contributed by atoms with E-state index in [1.54, 1.807) is 0 Å². The topological polar surface area (TPSA) is 39.1 Å². The molecule has 0 amide bonds. The van der Waals surface area contributed by atoms with Crippen LogP contribution < -0.4 is 10.1 Å². The molecule has 0 radical (unpaired) electrons. The Labute approximate surface area is 124 Å². The first kappa shape index (κ1) is 14.7. The predicted molar refractivity (Wildman–Crippen MR) is 82.6 cm³/mol. The Morgan fingerprint density at radius 2 is 2.20 bits per heavy atom. The van der Waals surface area contributed by atoms with Gasteiger partial charge in [-0.2, -0.15) is 5.10 Å². The van der Waals surface area contributed by atoms with Gasteiger partial charge in [0.15, 0.2) is 0 Å². The van der Waals surface area contributed by atoms with Crippen LogP contribution >= 0.6 is 11.6 Å². The van der Waals surface area contributed by atoms with E-state index in [1.165, 1.54) is 5.69 Å². The Morgan fingerprint density at radius 3 is 2.85 bits per heavy atom. The van der Waals surface area contributed by atoms with E-state index in [1.807, 2.05) is 49.1 Å². The van der Waals surface area contributed by atoms with Gasteiger partial charge in [-0.15, -0.1) is 11.6 Å². The number of aromatic nitrogens is 2. The fourth-order valence-electron chi connectivity index (χ4n) is 2.07. The molecule has 0 aliphatic carbocycles. The largest absolute Gasteiger partial charge is 0.494 e. The second kappa shape index (κ2) is 7.20. The average molecular weight is 294 g/mol. The molecule has 0 atom stereocenters. The van der Waals surface area contributed by atoms with E-state index in [0.29, 0.717) is 12.5 Å². The summed E-state index contributed by atoms with van der Waals surface area (Å²) in [6, 6.07) is 8.06. The van der Waals surface area contributed by atoms with Crippen molar-refractivity contribution in [2.45, 2.75) is 19.2 Å². The van der Waals surface area contributed by atoms with Crippen molar-refractivity contribution in [3.8, 4) is 5.75 Å². The normalized spacial score (nSPS) is 10.6. The van der Waals surface area contributed by atoms with Crippen LogP contribution in [-0.4, -0.2) is 22.9 Å². The number of nitrogens with zero attached hydrogens (tertiary/aromatic N) is 2. The molecule has 0 aliphatic heterocycles. The number of nitrogens with one attached hydrogen (secondary N) is 1. The van der Waals surface area contributed by atoms with Crippen LogP contribution in [0, 0.1) is 0 Å². The second-order valence-corrected chi connectivity index (χ2v) is 4.78. The minimum Gasteiger partial charge on any atom is -0.494 e. The molecule has 1 aromatic carbocycles. The summed E-state index contributed by atoms with van der Waals surface area (Å²) in [7, 11) is 1.96. The van der Waals surface area contributed by atoms with Crippen molar-refractivity contribution >= 4 is 17.3 Å². The van der Waals surface area contributed by atoms with Crippen LogP contribution in [0.15, 0.2) is 30.5 Å². The Morgan fingerprint density at radius 1 is 1.35 bits per heavy atom. The molecule has 0 unspecified atom stereocenters. The lowest BCUT2D eigenvalue weighted by Gasteiger charge is -2.12. The number of halogens is 1. The third-order valence-corrected chi connectivity index (χ3v) is 3.42. The first-order chi connectivity index (χ1) is 9.74. The summed E-state index contributed by atoms with van der Waals surface area (Å²) in [4.78, 5) is 0. The van der Waals surface area contributed by atoms with Gasteiger partial charge in [-0.3, -0.25) is 4.68 Å². The van der Waals surface area contributed by atoms with Crippen molar-refractivity contribution in [2.75, 3.05) is 18.5 Å².